The highest BCUT2D eigenvalue weighted by Crippen LogP contribution is 2.04. The average molecular weight is 217 g/mol. The number of aliphatic carboxylic acids is 1. The number of nitrogens with zero attached hydrogens (tertiary/aromatic N) is 1. The number of hydrogen-bond donors (Lipinski definition) is 5. The lowest BCUT2D eigenvalue weighted by Crippen LogP contribution is -2.38. The van der Waals surface area contributed by atoms with E-state index in [9.17, 15) is 9.59 Å². The van der Waals surface area contributed by atoms with Crippen LogP contribution in [0.3, 0.4) is 0 Å². The number of carboxylic acid groups (broad SMARTS) is 1. The largest absolute Gasteiger partial charge is 0.480 e. The SMILES string of the molecule is NC(=O)[C@@H](N)CCC(N=C(N)N)C(=O)O. The molecule has 0 fully saturated rings. The molecule has 1 unspecified atom stereocenters. The highest BCUT2D eigenvalue weighted by molar-refractivity contribution is 5.82. The van der Waals surface area contributed by atoms with Gasteiger partial charge in [0, 0.05) is 0 Å². The molecule has 0 aromatic carbocycles. The Labute approximate surface area is 86.3 Å². The summed E-state index contributed by atoms with van der Waals surface area (Å²) >= 11 is 0. The average Bonchev–Trinajstić information content (AvgIpc) is 2.10. The minimum Gasteiger partial charge on any atom is -0.480 e. The van der Waals surface area contributed by atoms with Gasteiger partial charge in [0.25, 0.3) is 0 Å². The third-order valence-electron chi connectivity index (χ3n) is 1.71. The Bertz CT molecular complexity index is 274. The first-order valence-corrected chi connectivity index (χ1v) is 4.21. The number of aliphatic imine (C=N–C) groups is 1. The van der Waals surface area contributed by atoms with Gasteiger partial charge in [0.05, 0.1) is 6.04 Å². The standard InChI is InChI=1S/C7H15N5O3/c8-3(5(9)13)1-2-4(6(14)15)12-7(10)11/h3-4H,1-2,8H2,(H2,9,13)(H,14,15)(H4,10,11,12)/t3-,4?/m0/s1. The third kappa shape index (κ3) is 5.47. The molecule has 2 atom stereocenters. The zero-order chi connectivity index (χ0) is 12.0. The van der Waals surface area contributed by atoms with Crippen molar-refractivity contribution in [2.24, 2.45) is 27.9 Å². The molecule has 0 radical (unpaired) electrons. The monoisotopic (exact) mass is 217 g/mol. The van der Waals surface area contributed by atoms with Gasteiger partial charge in [0.15, 0.2) is 12.0 Å². The molecule has 0 aliphatic rings. The van der Waals surface area contributed by atoms with Gasteiger partial charge >= 0.3 is 5.97 Å². The predicted molar refractivity (Wildman–Crippen MR) is 53.6 cm³/mol. The second-order valence-electron chi connectivity index (χ2n) is 2.99. The molecule has 0 rings (SSSR count). The summed E-state index contributed by atoms with van der Waals surface area (Å²) in [7, 11) is 0. The van der Waals surface area contributed by atoms with E-state index in [2.05, 4.69) is 4.99 Å². The number of amides is 1. The number of guanidine groups is 1. The molecular weight excluding hydrogens is 202 g/mol. The summed E-state index contributed by atoms with van der Waals surface area (Å²) in [5.41, 5.74) is 20.3. The Hall–Kier alpha value is -1.83. The molecular formula is C7H15N5O3. The molecule has 8 nitrogen and oxygen atoms in total. The van der Waals surface area contributed by atoms with E-state index in [0.717, 1.165) is 0 Å². The predicted octanol–water partition coefficient (Wildman–Crippen LogP) is -2.69. The van der Waals surface area contributed by atoms with Gasteiger partial charge < -0.3 is 28.0 Å². The van der Waals surface area contributed by atoms with E-state index in [1.54, 1.807) is 0 Å². The molecule has 0 aliphatic carbocycles. The fourth-order valence-corrected chi connectivity index (χ4v) is 0.903. The Morgan fingerprint density at radius 2 is 1.73 bits per heavy atom. The minimum atomic E-state index is -1.18. The van der Waals surface area contributed by atoms with Crippen molar-refractivity contribution in [1.82, 2.24) is 0 Å². The fourth-order valence-electron chi connectivity index (χ4n) is 0.903. The minimum absolute atomic E-state index is 0.0529. The van der Waals surface area contributed by atoms with Crippen LogP contribution < -0.4 is 22.9 Å². The number of rotatable bonds is 6. The van der Waals surface area contributed by atoms with Crippen molar-refractivity contribution in [2.45, 2.75) is 24.9 Å². The summed E-state index contributed by atoms with van der Waals surface area (Å²) < 4.78 is 0. The fraction of sp³-hybridized carbons (Fsp3) is 0.571. The molecule has 0 bridgehead atoms. The van der Waals surface area contributed by atoms with Crippen molar-refractivity contribution < 1.29 is 14.7 Å². The van der Waals surface area contributed by atoms with Crippen LogP contribution in [0.1, 0.15) is 12.8 Å². The van der Waals surface area contributed by atoms with E-state index < -0.39 is 24.0 Å². The summed E-state index contributed by atoms with van der Waals surface area (Å²) in [5.74, 6) is -2.20. The number of carbonyl (C=O) groups excluding carboxylic acids is 1. The first kappa shape index (κ1) is 13.2. The summed E-state index contributed by atoms with van der Waals surface area (Å²) in [5, 5.41) is 8.70. The number of carboxylic acids is 1. The topological polar surface area (TPSA) is 171 Å². The lowest BCUT2D eigenvalue weighted by molar-refractivity contribution is -0.138. The van der Waals surface area contributed by atoms with E-state index in [-0.39, 0.29) is 18.8 Å². The Morgan fingerprint density at radius 3 is 2.07 bits per heavy atom. The van der Waals surface area contributed by atoms with Crippen LogP contribution in [0, 0.1) is 0 Å². The quantitative estimate of drug-likeness (QED) is 0.239. The summed E-state index contributed by atoms with van der Waals surface area (Å²) in [4.78, 5) is 24.7. The normalized spacial score (nSPS) is 13.9. The van der Waals surface area contributed by atoms with Gasteiger partial charge in [-0.25, -0.2) is 9.79 Å². The third-order valence-corrected chi connectivity index (χ3v) is 1.71. The molecule has 15 heavy (non-hydrogen) atoms. The second-order valence-corrected chi connectivity index (χ2v) is 2.99. The molecule has 0 saturated carbocycles. The molecule has 0 saturated heterocycles. The van der Waals surface area contributed by atoms with Crippen molar-refractivity contribution >= 4 is 17.8 Å². The maximum atomic E-state index is 10.6. The maximum Gasteiger partial charge on any atom is 0.328 e. The van der Waals surface area contributed by atoms with Crippen molar-refractivity contribution in [2.75, 3.05) is 0 Å². The molecule has 0 spiro atoms. The van der Waals surface area contributed by atoms with Crippen molar-refractivity contribution in [1.29, 1.82) is 0 Å². The number of hydrogen-bond acceptors (Lipinski definition) is 4. The van der Waals surface area contributed by atoms with Gasteiger partial charge in [-0.2, -0.15) is 0 Å². The first-order valence-electron chi connectivity index (χ1n) is 4.21. The van der Waals surface area contributed by atoms with E-state index >= 15 is 0 Å². The van der Waals surface area contributed by atoms with Crippen molar-refractivity contribution in [3.63, 3.8) is 0 Å². The summed E-state index contributed by atoms with van der Waals surface area (Å²) in [6, 6.07) is -1.98. The van der Waals surface area contributed by atoms with Crippen LogP contribution in [0.4, 0.5) is 0 Å². The van der Waals surface area contributed by atoms with Crippen LogP contribution in [-0.2, 0) is 9.59 Å². The molecule has 0 aromatic rings. The van der Waals surface area contributed by atoms with Gasteiger partial charge in [0.1, 0.15) is 0 Å². The highest BCUT2D eigenvalue weighted by atomic mass is 16.4. The van der Waals surface area contributed by atoms with Crippen LogP contribution in [0.15, 0.2) is 4.99 Å². The maximum absolute atomic E-state index is 10.6. The first-order chi connectivity index (χ1) is 6.84. The Morgan fingerprint density at radius 1 is 1.20 bits per heavy atom. The van der Waals surface area contributed by atoms with Gasteiger partial charge in [-0.1, -0.05) is 0 Å². The molecule has 86 valence electrons. The summed E-state index contributed by atoms with van der Waals surface area (Å²) in [6.45, 7) is 0. The smallest absolute Gasteiger partial charge is 0.328 e. The lowest BCUT2D eigenvalue weighted by Gasteiger charge is -2.10. The molecule has 0 aliphatic heterocycles. The lowest BCUT2D eigenvalue weighted by atomic mass is 10.1. The van der Waals surface area contributed by atoms with Crippen LogP contribution >= 0.6 is 0 Å². The molecule has 9 N–H and O–H groups in total. The number of primary amides is 1. The number of carbonyl (C=O) groups is 2. The Balaban J connectivity index is 4.26. The van der Waals surface area contributed by atoms with Gasteiger partial charge in [-0.15, -0.1) is 0 Å². The summed E-state index contributed by atoms with van der Waals surface area (Å²) in [6.07, 6.45) is 0.167. The molecule has 0 heterocycles. The zero-order valence-corrected chi connectivity index (χ0v) is 8.09. The number of nitrogens with two attached hydrogens (primary N) is 4. The van der Waals surface area contributed by atoms with Crippen LogP contribution in [0.5, 0.6) is 0 Å². The van der Waals surface area contributed by atoms with Crippen molar-refractivity contribution in [3.05, 3.63) is 0 Å². The van der Waals surface area contributed by atoms with E-state index in [1.165, 1.54) is 0 Å². The highest BCUT2D eigenvalue weighted by Gasteiger charge is 2.19. The van der Waals surface area contributed by atoms with Crippen LogP contribution in [-0.4, -0.2) is 35.0 Å². The Kier molecular flexibility index (Phi) is 5.10. The van der Waals surface area contributed by atoms with Crippen molar-refractivity contribution in [3.8, 4) is 0 Å². The zero-order valence-electron chi connectivity index (χ0n) is 8.09. The molecule has 8 heteroatoms. The van der Waals surface area contributed by atoms with E-state index in [0.29, 0.717) is 0 Å². The van der Waals surface area contributed by atoms with Gasteiger partial charge in [-0.05, 0) is 12.8 Å². The molecule has 0 aromatic heterocycles. The second kappa shape index (κ2) is 5.81. The van der Waals surface area contributed by atoms with E-state index in [4.69, 9.17) is 28.0 Å². The van der Waals surface area contributed by atoms with Crippen LogP contribution in [0.2, 0.25) is 0 Å². The van der Waals surface area contributed by atoms with E-state index in [1.807, 2.05) is 0 Å². The van der Waals surface area contributed by atoms with Crippen LogP contribution in [0.25, 0.3) is 0 Å². The molecule has 1 amide bonds. The van der Waals surface area contributed by atoms with Gasteiger partial charge in [-0.3, -0.25) is 4.79 Å². The van der Waals surface area contributed by atoms with Gasteiger partial charge in [0.2, 0.25) is 5.91 Å².